The van der Waals surface area contributed by atoms with Gasteiger partial charge in [-0.3, -0.25) is 9.69 Å². The third-order valence-corrected chi connectivity index (χ3v) is 4.51. The lowest BCUT2D eigenvalue weighted by molar-refractivity contribution is -0.126. The average molecular weight is 269 g/mol. The number of carbonyl (C=O) groups is 1. The Morgan fingerprint density at radius 3 is 2.79 bits per heavy atom. The zero-order valence-electron chi connectivity index (χ0n) is 12.8. The minimum absolute atomic E-state index is 0.0567. The summed E-state index contributed by atoms with van der Waals surface area (Å²) in [6.45, 7) is 5.71. The second-order valence-electron chi connectivity index (χ2n) is 5.83. The SMILES string of the molecule is CCCCCNC(=O)C(C)N(C)C1CCCC1CN. The summed E-state index contributed by atoms with van der Waals surface area (Å²) in [5.41, 5.74) is 5.82. The van der Waals surface area contributed by atoms with Crippen LogP contribution in [0.3, 0.4) is 0 Å². The Kier molecular flexibility index (Phi) is 7.39. The van der Waals surface area contributed by atoms with Crippen LogP contribution >= 0.6 is 0 Å². The monoisotopic (exact) mass is 269 g/mol. The molecule has 0 aromatic heterocycles. The van der Waals surface area contributed by atoms with Gasteiger partial charge in [-0.1, -0.05) is 26.2 Å². The maximum absolute atomic E-state index is 12.1. The fraction of sp³-hybridized carbons (Fsp3) is 0.933. The Bertz CT molecular complexity index is 270. The van der Waals surface area contributed by atoms with Gasteiger partial charge in [-0.2, -0.15) is 0 Å². The quantitative estimate of drug-likeness (QED) is 0.660. The molecule has 1 fully saturated rings. The van der Waals surface area contributed by atoms with E-state index in [9.17, 15) is 4.79 Å². The second kappa shape index (κ2) is 8.54. The Morgan fingerprint density at radius 2 is 2.16 bits per heavy atom. The summed E-state index contributed by atoms with van der Waals surface area (Å²) in [6.07, 6.45) is 7.06. The zero-order chi connectivity index (χ0) is 14.3. The molecule has 1 aliphatic rings. The normalized spacial score (nSPS) is 24.7. The highest BCUT2D eigenvalue weighted by molar-refractivity contribution is 5.81. The molecule has 4 heteroatoms. The van der Waals surface area contributed by atoms with Crippen LogP contribution in [0.25, 0.3) is 0 Å². The summed E-state index contributed by atoms with van der Waals surface area (Å²) >= 11 is 0. The number of nitrogens with one attached hydrogen (secondary N) is 1. The minimum Gasteiger partial charge on any atom is -0.355 e. The lowest BCUT2D eigenvalue weighted by atomic mass is 10.0. The van der Waals surface area contributed by atoms with E-state index in [0.717, 1.165) is 19.5 Å². The van der Waals surface area contributed by atoms with Crippen molar-refractivity contribution in [2.45, 2.75) is 64.5 Å². The Labute approximate surface area is 118 Å². The van der Waals surface area contributed by atoms with Crippen molar-refractivity contribution in [3.05, 3.63) is 0 Å². The molecule has 0 aliphatic heterocycles. The van der Waals surface area contributed by atoms with E-state index in [1.54, 1.807) is 0 Å². The predicted octanol–water partition coefficient (Wildman–Crippen LogP) is 1.74. The van der Waals surface area contributed by atoms with E-state index in [1.165, 1.54) is 32.1 Å². The van der Waals surface area contributed by atoms with Crippen molar-refractivity contribution in [1.82, 2.24) is 10.2 Å². The molecular formula is C15H31N3O. The summed E-state index contributed by atoms with van der Waals surface area (Å²) in [4.78, 5) is 14.3. The van der Waals surface area contributed by atoms with Gasteiger partial charge in [0.15, 0.2) is 0 Å². The van der Waals surface area contributed by atoms with E-state index in [1.807, 2.05) is 6.92 Å². The van der Waals surface area contributed by atoms with Crippen LogP contribution < -0.4 is 11.1 Å². The molecule has 0 aromatic rings. The first-order valence-corrected chi connectivity index (χ1v) is 7.81. The molecule has 0 heterocycles. The highest BCUT2D eigenvalue weighted by Crippen LogP contribution is 2.29. The molecule has 1 rings (SSSR count). The molecule has 0 radical (unpaired) electrons. The van der Waals surface area contributed by atoms with E-state index in [0.29, 0.717) is 12.0 Å². The molecule has 4 nitrogen and oxygen atoms in total. The van der Waals surface area contributed by atoms with Crippen LogP contribution in [-0.4, -0.2) is 43.0 Å². The highest BCUT2D eigenvalue weighted by Gasteiger charge is 2.33. The van der Waals surface area contributed by atoms with Gasteiger partial charge in [-0.05, 0) is 45.7 Å². The number of nitrogens with two attached hydrogens (primary N) is 1. The van der Waals surface area contributed by atoms with Gasteiger partial charge in [-0.15, -0.1) is 0 Å². The largest absolute Gasteiger partial charge is 0.355 e. The maximum Gasteiger partial charge on any atom is 0.237 e. The molecular weight excluding hydrogens is 238 g/mol. The molecule has 0 bridgehead atoms. The van der Waals surface area contributed by atoms with Crippen LogP contribution in [0.2, 0.25) is 0 Å². The van der Waals surface area contributed by atoms with Crippen molar-refractivity contribution in [2.75, 3.05) is 20.1 Å². The molecule has 3 atom stereocenters. The van der Waals surface area contributed by atoms with Crippen LogP contribution in [0.1, 0.15) is 52.4 Å². The third-order valence-electron chi connectivity index (χ3n) is 4.51. The number of likely N-dealkylation sites (N-methyl/N-ethyl adjacent to an activating group) is 1. The van der Waals surface area contributed by atoms with E-state index in [-0.39, 0.29) is 11.9 Å². The lowest BCUT2D eigenvalue weighted by Crippen LogP contribution is -2.49. The van der Waals surface area contributed by atoms with Crippen molar-refractivity contribution >= 4 is 5.91 Å². The van der Waals surface area contributed by atoms with Crippen LogP contribution in [0.4, 0.5) is 0 Å². The smallest absolute Gasteiger partial charge is 0.237 e. The van der Waals surface area contributed by atoms with E-state index >= 15 is 0 Å². The van der Waals surface area contributed by atoms with E-state index in [2.05, 4.69) is 24.2 Å². The zero-order valence-corrected chi connectivity index (χ0v) is 12.8. The van der Waals surface area contributed by atoms with Crippen molar-refractivity contribution in [1.29, 1.82) is 0 Å². The number of hydrogen-bond acceptors (Lipinski definition) is 3. The molecule has 1 aliphatic carbocycles. The molecule has 0 spiro atoms. The average Bonchev–Trinajstić information content (AvgIpc) is 2.90. The number of rotatable bonds is 8. The Morgan fingerprint density at radius 1 is 1.42 bits per heavy atom. The summed E-state index contributed by atoms with van der Waals surface area (Å²) in [5.74, 6) is 0.710. The van der Waals surface area contributed by atoms with Crippen molar-refractivity contribution < 1.29 is 4.79 Å². The highest BCUT2D eigenvalue weighted by atomic mass is 16.2. The maximum atomic E-state index is 12.1. The molecule has 3 unspecified atom stereocenters. The first-order chi connectivity index (χ1) is 9.11. The molecule has 1 saturated carbocycles. The van der Waals surface area contributed by atoms with Crippen LogP contribution in [-0.2, 0) is 4.79 Å². The van der Waals surface area contributed by atoms with Crippen LogP contribution in [0.5, 0.6) is 0 Å². The number of hydrogen-bond donors (Lipinski definition) is 2. The summed E-state index contributed by atoms with van der Waals surface area (Å²) in [5, 5.41) is 3.04. The van der Waals surface area contributed by atoms with Gasteiger partial charge in [0.25, 0.3) is 0 Å². The van der Waals surface area contributed by atoms with E-state index in [4.69, 9.17) is 5.73 Å². The minimum atomic E-state index is -0.0567. The van der Waals surface area contributed by atoms with Gasteiger partial charge in [-0.25, -0.2) is 0 Å². The molecule has 3 N–H and O–H groups in total. The molecule has 19 heavy (non-hydrogen) atoms. The van der Waals surface area contributed by atoms with Gasteiger partial charge >= 0.3 is 0 Å². The number of unbranched alkanes of at least 4 members (excludes halogenated alkanes) is 2. The Hall–Kier alpha value is -0.610. The fourth-order valence-electron chi connectivity index (χ4n) is 3.03. The van der Waals surface area contributed by atoms with Gasteiger partial charge in [0, 0.05) is 12.6 Å². The fourth-order valence-corrected chi connectivity index (χ4v) is 3.03. The van der Waals surface area contributed by atoms with Gasteiger partial charge in [0.05, 0.1) is 6.04 Å². The first-order valence-electron chi connectivity index (χ1n) is 7.81. The van der Waals surface area contributed by atoms with Crippen LogP contribution in [0, 0.1) is 5.92 Å². The standard InChI is InChI=1S/C15H31N3O/c1-4-5-6-10-17-15(19)12(2)18(3)14-9-7-8-13(14)11-16/h12-14H,4-11,16H2,1-3H3,(H,17,19). The second-order valence-corrected chi connectivity index (χ2v) is 5.83. The van der Waals surface area contributed by atoms with Crippen molar-refractivity contribution in [2.24, 2.45) is 11.7 Å². The van der Waals surface area contributed by atoms with Gasteiger partial charge < -0.3 is 11.1 Å². The Balaban J connectivity index is 2.38. The molecule has 0 saturated heterocycles. The number of amides is 1. The predicted molar refractivity (Wildman–Crippen MR) is 79.9 cm³/mol. The van der Waals surface area contributed by atoms with Crippen LogP contribution in [0.15, 0.2) is 0 Å². The van der Waals surface area contributed by atoms with E-state index < -0.39 is 0 Å². The number of carbonyl (C=O) groups excluding carboxylic acids is 1. The summed E-state index contributed by atoms with van der Waals surface area (Å²) < 4.78 is 0. The first kappa shape index (κ1) is 16.4. The van der Waals surface area contributed by atoms with Crippen molar-refractivity contribution in [3.63, 3.8) is 0 Å². The molecule has 0 aromatic carbocycles. The van der Waals surface area contributed by atoms with Gasteiger partial charge in [0.1, 0.15) is 0 Å². The molecule has 1 amide bonds. The number of nitrogens with zero attached hydrogens (tertiary/aromatic N) is 1. The van der Waals surface area contributed by atoms with Gasteiger partial charge in [0.2, 0.25) is 5.91 Å². The molecule has 112 valence electrons. The summed E-state index contributed by atoms with van der Waals surface area (Å²) in [6, 6.07) is 0.417. The topological polar surface area (TPSA) is 58.4 Å². The summed E-state index contributed by atoms with van der Waals surface area (Å²) in [7, 11) is 2.06. The lowest BCUT2D eigenvalue weighted by Gasteiger charge is -2.33. The van der Waals surface area contributed by atoms with Crippen molar-refractivity contribution in [3.8, 4) is 0 Å². The third kappa shape index (κ3) is 4.77.